The minimum absolute atomic E-state index is 0.0228. The quantitative estimate of drug-likeness (QED) is 0.925. The number of carbonyl (C=O) groups is 1. The lowest BCUT2D eigenvalue weighted by molar-refractivity contribution is -0.136. The summed E-state index contributed by atoms with van der Waals surface area (Å²) in [5.74, 6) is 0.208. The fraction of sp³-hybridized carbons (Fsp3) is 0.562. The lowest BCUT2D eigenvalue weighted by Gasteiger charge is -2.33. The molecule has 1 saturated heterocycles. The molecule has 1 aromatic rings. The molecule has 2 rings (SSSR count). The van der Waals surface area contributed by atoms with Crippen LogP contribution < -0.4 is 5.32 Å². The van der Waals surface area contributed by atoms with Crippen molar-refractivity contribution in [3.05, 3.63) is 34.9 Å². The molecule has 0 aliphatic carbocycles. The van der Waals surface area contributed by atoms with Crippen LogP contribution in [0.3, 0.4) is 0 Å². The van der Waals surface area contributed by atoms with Gasteiger partial charge in [0.15, 0.2) is 0 Å². The summed E-state index contributed by atoms with van der Waals surface area (Å²) in [6, 6.07) is 7.89. The van der Waals surface area contributed by atoms with Crippen LogP contribution in [0.15, 0.2) is 24.3 Å². The number of piperidine rings is 1. The third-order valence-corrected chi connectivity index (χ3v) is 3.99. The third-order valence-electron chi connectivity index (χ3n) is 3.76. The maximum atomic E-state index is 12.7. The zero-order chi connectivity index (χ0) is 14.5. The Labute approximate surface area is 126 Å². The Morgan fingerprint density at radius 3 is 2.85 bits per heavy atom. The van der Waals surface area contributed by atoms with Crippen LogP contribution >= 0.6 is 11.6 Å². The van der Waals surface area contributed by atoms with Crippen LogP contribution in [0.2, 0.25) is 5.02 Å². The lowest BCUT2D eigenvalue weighted by atomic mass is 10.0. The first kappa shape index (κ1) is 15.3. The maximum Gasteiger partial charge on any atom is 0.240 e. The average Bonchev–Trinajstić information content (AvgIpc) is 2.45. The number of hydrogen-bond donors (Lipinski definition) is 1. The van der Waals surface area contributed by atoms with Gasteiger partial charge in [-0.25, -0.2) is 0 Å². The predicted octanol–water partition coefficient (Wildman–Crippen LogP) is 3.22. The van der Waals surface area contributed by atoms with Crippen molar-refractivity contribution in [2.24, 2.45) is 0 Å². The number of amides is 1. The van der Waals surface area contributed by atoms with E-state index in [2.05, 4.69) is 19.2 Å². The van der Waals surface area contributed by atoms with Crippen molar-refractivity contribution < 1.29 is 4.79 Å². The van der Waals surface area contributed by atoms with Crippen molar-refractivity contribution in [1.29, 1.82) is 0 Å². The summed E-state index contributed by atoms with van der Waals surface area (Å²) in [6.45, 7) is 5.69. The molecule has 110 valence electrons. The van der Waals surface area contributed by atoms with Gasteiger partial charge in [-0.15, -0.1) is 0 Å². The SMILES string of the molecule is CC(C)N(Cc1cccc(Cl)c1)C(=O)[C@@H]1CCCCN1. The molecule has 0 unspecified atom stereocenters. The largest absolute Gasteiger partial charge is 0.335 e. The number of carbonyl (C=O) groups excluding carboxylic acids is 1. The second kappa shape index (κ2) is 7.09. The highest BCUT2D eigenvalue weighted by molar-refractivity contribution is 6.30. The van der Waals surface area contributed by atoms with Crippen molar-refractivity contribution >= 4 is 17.5 Å². The normalized spacial score (nSPS) is 19.1. The first-order valence-corrected chi connectivity index (χ1v) is 7.74. The minimum Gasteiger partial charge on any atom is -0.335 e. The van der Waals surface area contributed by atoms with Crippen LogP contribution in [0.4, 0.5) is 0 Å². The Balaban J connectivity index is 2.08. The Morgan fingerprint density at radius 2 is 2.25 bits per heavy atom. The first-order chi connectivity index (χ1) is 9.58. The second-order valence-corrected chi connectivity index (χ2v) is 6.13. The van der Waals surface area contributed by atoms with E-state index < -0.39 is 0 Å². The van der Waals surface area contributed by atoms with E-state index in [1.54, 1.807) is 0 Å². The second-order valence-electron chi connectivity index (χ2n) is 5.69. The van der Waals surface area contributed by atoms with Gasteiger partial charge in [-0.3, -0.25) is 4.79 Å². The van der Waals surface area contributed by atoms with Gasteiger partial charge in [-0.1, -0.05) is 30.2 Å². The molecule has 0 radical (unpaired) electrons. The predicted molar refractivity (Wildman–Crippen MR) is 82.8 cm³/mol. The van der Waals surface area contributed by atoms with Gasteiger partial charge in [0.1, 0.15) is 0 Å². The molecule has 0 saturated carbocycles. The summed E-state index contributed by atoms with van der Waals surface area (Å²) in [5, 5.41) is 4.05. The van der Waals surface area contributed by atoms with Gasteiger partial charge in [0.05, 0.1) is 6.04 Å². The molecule has 0 aromatic heterocycles. The molecule has 0 bridgehead atoms. The van der Waals surface area contributed by atoms with Crippen molar-refractivity contribution in [1.82, 2.24) is 10.2 Å². The van der Waals surface area contributed by atoms with Gasteiger partial charge in [-0.2, -0.15) is 0 Å². The van der Waals surface area contributed by atoms with E-state index in [9.17, 15) is 4.79 Å². The molecular weight excluding hydrogens is 272 g/mol. The van der Waals surface area contributed by atoms with Crippen molar-refractivity contribution in [2.45, 2.75) is 51.7 Å². The highest BCUT2D eigenvalue weighted by Gasteiger charge is 2.27. The molecular formula is C16H23ClN2O. The van der Waals surface area contributed by atoms with Crippen LogP contribution in [0, 0.1) is 0 Å². The van der Waals surface area contributed by atoms with E-state index >= 15 is 0 Å². The van der Waals surface area contributed by atoms with Gasteiger partial charge in [-0.05, 0) is 50.9 Å². The Hall–Kier alpha value is -1.06. The minimum atomic E-state index is -0.0228. The van der Waals surface area contributed by atoms with Crippen molar-refractivity contribution in [2.75, 3.05) is 6.54 Å². The summed E-state index contributed by atoms with van der Waals surface area (Å²) in [6.07, 6.45) is 3.24. The number of nitrogens with one attached hydrogen (secondary N) is 1. The van der Waals surface area contributed by atoms with E-state index in [0.29, 0.717) is 6.54 Å². The Morgan fingerprint density at radius 1 is 1.45 bits per heavy atom. The molecule has 1 fully saturated rings. The maximum absolute atomic E-state index is 12.7. The molecule has 1 aliphatic heterocycles. The number of nitrogens with zero attached hydrogens (tertiary/aromatic N) is 1. The lowest BCUT2D eigenvalue weighted by Crippen LogP contribution is -2.50. The van der Waals surface area contributed by atoms with E-state index in [1.165, 1.54) is 6.42 Å². The summed E-state index contributed by atoms with van der Waals surface area (Å²) in [5.41, 5.74) is 1.08. The van der Waals surface area contributed by atoms with E-state index in [4.69, 9.17) is 11.6 Å². The summed E-state index contributed by atoms with van der Waals surface area (Å²) in [4.78, 5) is 14.6. The van der Waals surface area contributed by atoms with Gasteiger partial charge < -0.3 is 10.2 Å². The van der Waals surface area contributed by atoms with Gasteiger partial charge >= 0.3 is 0 Å². The van der Waals surface area contributed by atoms with E-state index in [-0.39, 0.29) is 18.0 Å². The number of halogens is 1. The fourth-order valence-electron chi connectivity index (χ4n) is 2.61. The topological polar surface area (TPSA) is 32.3 Å². The van der Waals surface area contributed by atoms with E-state index in [1.807, 2.05) is 29.2 Å². The van der Waals surface area contributed by atoms with Gasteiger partial charge in [0, 0.05) is 17.6 Å². The van der Waals surface area contributed by atoms with Crippen LogP contribution in [0.25, 0.3) is 0 Å². The third kappa shape index (κ3) is 3.97. The molecule has 1 amide bonds. The zero-order valence-electron chi connectivity index (χ0n) is 12.2. The molecule has 0 spiro atoms. The molecule has 1 heterocycles. The van der Waals surface area contributed by atoms with Gasteiger partial charge in [0.25, 0.3) is 0 Å². The summed E-state index contributed by atoms with van der Waals surface area (Å²) in [7, 11) is 0. The monoisotopic (exact) mass is 294 g/mol. The molecule has 1 aromatic carbocycles. The highest BCUT2D eigenvalue weighted by Crippen LogP contribution is 2.17. The molecule has 1 atom stereocenters. The summed E-state index contributed by atoms with van der Waals surface area (Å²) >= 11 is 6.02. The first-order valence-electron chi connectivity index (χ1n) is 7.36. The van der Waals surface area contributed by atoms with Crippen molar-refractivity contribution in [3.8, 4) is 0 Å². The van der Waals surface area contributed by atoms with Crippen LogP contribution in [0.1, 0.15) is 38.7 Å². The zero-order valence-corrected chi connectivity index (χ0v) is 13.0. The molecule has 20 heavy (non-hydrogen) atoms. The number of rotatable bonds is 4. The molecule has 3 nitrogen and oxygen atoms in total. The van der Waals surface area contributed by atoms with Crippen LogP contribution in [0.5, 0.6) is 0 Å². The highest BCUT2D eigenvalue weighted by atomic mass is 35.5. The number of hydrogen-bond acceptors (Lipinski definition) is 2. The van der Waals surface area contributed by atoms with Crippen molar-refractivity contribution in [3.63, 3.8) is 0 Å². The molecule has 4 heteroatoms. The fourth-order valence-corrected chi connectivity index (χ4v) is 2.82. The van der Waals surface area contributed by atoms with E-state index in [0.717, 1.165) is 30.0 Å². The standard InChI is InChI=1S/C16H23ClN2O/c1-12(2)19(11-13-6-5-7-14(17)10-13)16(20)15-8-3-4-9-18-15/h5-7,10,12,15,18H,3-4,8-9,11H2,1-2H3/t15-/m0/s1. The molecule has 1 aliphatic rings. The number of benzene rings is 1. The smallest absolute Gasteiger partial charge is 0.240 e. The Kier molecular flexibility index (Phi) is 5.44. The van der Waals surface area contributed by atoms with Crippen LogP contribution in [-0.2, 0) is 11.3 Å². The summed E-state index contributed by atoms with van der Waals surface area (Å²) < 4.78 is 0. The van der Waals surface area contributed by atoms with Crippen LogP contribution in [-0.4, -0.2) is 29.4 Å². The Bertz CT molecular complexity index is 456. The molecule has 1 N–H and O–H groups in total. The average molecular weight is 295 g/mol. The van der Waals surface area contributed by atoms with Gasteiger partial charge in [0.2, 0.25) is 5.91 Å².